The van der Waals surface area contributed by atoms with Crippen LogP contribution in [0.15, 0.2) is 66.7 Å². The second kappa shape index (κ2) is 9.38. The van der Waals surface area contributed by atoms with E-state index in [1.165, 1.54) is 18.2 Å². The number of amides is 1. The number of carbonyl (C=O) groups excluding carboxylic acids is 1. The zero-order valence-corrected chi connectivity index (χ0v) is 18.8. The van der Waals surface area contributed by atoms with Crippen LogP contribution in [0.2, 0.25) is 0 Å². The molecule has 0 aliphatic carbocycles. The molecule has 5 rings (SSSR count). The molecule has 35 heavy (non-hydrogen) atoms. The molecule has 3 N–H and O–H groups in total. The Morgan fingerprint density at radius 3 is 2.23 bits per heavy atom. The molecule has 0 spiro atoms. The number of primary amides is 1. The molecule has 0 saturated carbocycles. The first-order chi connectivity index (χ1) is 16.9. The number of hydrogen-bond donors (Lipinski definition) is 2. The van der Waals surface area contributed by atoms with E-state index in [0.29, 0.717) is 11.3 Å². The highest BCUT2D eigenvalue weighted by atomic mass is 19.1. The van der Waals surface area contributed by atoms with Crippen LogP contribution in [0.1, 0.15) is 17.2 Å². The van der Waals surface area contributed by atoms with Gasteiger partial charge in [-0.2, -0.15) is 0 Å². The SMILES string of the molecule is NC(=O)C(c1cc2c(N3CCNCC3)cccc2c(-c2ccc(F)cc2)n1)c1c(F)cccc1F. The zero-order chi connectivity index (χ0) is 24.5. The van der Waals surface area contributed by atoms with Gasteiger partial charge in [0.25, 0.3) is 0 Å². The molecule has 1 saturated heterocycles. The van der Waals surface area contributed by atoms with Crippen LogP contribution in [0, 0.1) is 17.5 Å². The Labute approximate surface area is 200 Å². The number of aromatic nitrogens is 1. The van der Waals surface area contributed by atoms with E-state index in [-0.39, 0.29) is 5.69 Å². The second-order valence-electron chi connectivity index (χ2n) is 8.48. The molecule has 2 heterocycles. The largest absolute Gasteiger partial charge is 0.369 e. The van der Waals surface area contributed by atoms with E-state index < -0.39 is 34.8 Å². The Morgan fingerprint density at radius 1 is 0.914 bits per heavy atom. The smallest absolute Gasteiger partial charge is 0.231 e. The van der Waals surface area contributed by atoms with Crippen LogP contribution in [-0.2, 0) is 4.79 Å². The third-order valence-electron chi connectivity index (χ3n) is 6.32. The molecule has 1 aliphatic heterocycles. The van der Waals surface area contributed by atoms with Gasteiger partial charge in [0.2, 0.25) is 5.91 Å². The summed E-state index contributed by atoms with van der Waals surface area (Å²) >= 11 is 0. The van der Waals surface area contributed by atoms with Gasteiger partial charge >= 0.3 is 0 Å². The fourth-order valence-electron chi connectivity index (χ4n) is 4.66. The molecule has 1 fully saturated rings. The molecule has 1 unspecified atom stereocenters. The third-order valence-corrected chi connectivity index (χ3v) is 6.32. The Hall–Kier alpha value is -3.91. The summed E-state index contributed by atoms with van der Waals surface area (Å²) in [6, 6.07) is 16.7. The summed E-state index contributed by atoms with van der Waals surface area (Å²) in [6.45, 7) is 3.15. The first-order valence-corrected chi connectivity index (χ1v) is 11.3. The summed E-state index contributed by atoms with van der Waals surface area (Å²) in [5.41, 5.74) is 7.35. The van der Waals surface area contributed by atoms with Crippen molar-refractivity contribution in [3.8, 4) is 11.3 Å². The standard InChI is InChI=1S/C27H23F3N4O/c28-17-9-7-16(8-10-17)26-18-3-1-6-23(34-13-11-32-12-14-34)19(18)15-22(33-26)25(27(31)35)24-20(29)4-2-5-21(24)30/h1-10,15,25,32H,11-14H2,(H2,31,35). The fraction of sp³-hybridized carbons (Fsp3) is 0.185. The lowest BCUT2D eigenvalue weighted by atomic mass is 9.91. The van der Waals surface area contributed by atoms with E-state index in [9.17, 15) is 18.0 Å². The number of nitrogens with zero attached hydrogens (tertiary/aromatic N) is 2. The quantitative estimate of drug-likeness (QED) is 0.450. The molecule has 1 atom stereocenters. The number of nitrogens with two attached hydrogens (primary N) is 1. The Kier molecular flexibility index (Phi) is 6.13. The number of anilines is 1. The molecule has 8 heteroatoms. The molecule has 4 aromatic rings. The average molecular weight is 477 g/mol. The number of rotatable bonds is 5. The average Bonchev–Trinajstić information content (AvgIpc) is 2.86. The van der Waals surface area contributed by atoms with Crippen molar-refractivity contribution in [2.24, 2.45) is 5.73 Å². The maximum absolute atomic E-state index is 14.8. The summed E-state index contributed by atoms with van der Waals surface area (Å²) < 4.78 is 43.2. The van der Waals surface area contributed by atoms with Crippen LogP contribution < -0.4 is 16.0 Å². The molecule has 1 aromatic heterocycles. The number of fused-ring (bicyclic) bond motifs is 1. The van der Waals surface area contributed by atoms with Crippen LogP contribution >= 0.6 is 0 Å². The van der Waals surface area contributed by atoms with Crippen molar-refractivity contribution in [1.29, 1.82) is 0 Å². The number of hydrogen-bond acceptors (Lipinski definition) is 4. The van der Waals surface area contributed by atoms with Gasteiger partial charge in [0.1, 0.15) is 23.4 Å². The molecule has 178 valence electrons. The molecule has 0 radical (unpaired) electrons. The van der Waals surface area contributed by atoms with Crippen LogP contribution in [0.5, 0.6) is 0 Å². The van der Waals surface area contributed by atoms with Crippen molar-refractivity contribution < 1.29 is 18.0 Å². The fourth-order valence-corrected chi connectivity index (χ4v) is 4.66. The highest BCUT2D eigenvalue weighted by molar-refractivity contribution is 6.03. The van der Waals surface area contributed by atoms with Crippen molar-refractivity contribution in [2.45, 2.75) is 5.92 Å². The topological polar surface area (TPSA) is 71.2 Å². The Balaban J connectivity index is 1.80. The van der Waals surface area contributed by atoms with Crippen molar-refractivity contribution in [3.63, 3.8) is 0 Å². The lowest BCUT2D eigenvalue weighted by molar-refractivity contribution is -0.118. The second-order valence-corrected chi connectivity index (χ2v) is 8.48. The van der Waals surface area contributed by atoms with Crippen LogP contribution in [-0.4, -0.2) is 37.1 Å². The number of benzene rings is 3. The van der Waals surface area contributed by atoms with E-state index in [1.807, 2.05) is 18.2 Å². The lowest BCUT2D eigenvalue weighted by Crippen LogP contribution is -2.43. The summed E-state index contributed by atoms with van der Waals surface area (Å²) in [4.78, 5) is 19.5. The maximum atomic E-state index is 14.8. The van der Waals surface area contributed by atoms with Crippen LogP contribution in [0.4, 0.5) is 18.9 Å². The molecule has 1 amide bonds. The molecule has 1 aliphatic rings. The predicted octanol–water partition coefficient (Wildman–Crippen LogP) is 4.35. The highest BCUT2D eigenvalue weighted by Gasteiger charge is 2.30. The molecular formula is C27H23F3N4O. The van der Waals surface area contributed by atoms with E-state index >= 15 is 0 Å². The minimum Gasteiger partial charge on any atom is -0.369 e. The number of piperazine rings is 1. The first-order valence-electron chi connectivity index (χ1n) is 11.3. The minimum atomic E-state index is -1.45. The van der Waals surface area contributed by atoms with Gasteiger partial charge in [0.15, 0.2) is 0 Å². The number of halogens is 3. The van der Waals surface area contributed by atoms with Gasteiger partial charge in [-0.15, -0.1) is 0 Å². The summed E-state index contributed by atoms with van der Waals surface area (Å²) in [5, 5.41) is 4.86. The van der Waals surface area contributed by atoms with E-state index in [1.54, 1.807) is 18.2 Å². The lowest BCUT2D eigenvalue weighted by Gasteiger charge is -2.31. The summed E-state index contributed by atoms with van der Waals surface area (Å²) in [5.74, 6) is -4.54. The number of pyridine rings is 1. The monoisotopic (exact) mass is 476 g/mol. The van der Waals surface area contributed by atoms with Gasteiger partial charge in [-0.05, 0) is 48.5 Å². The number of carbonyl (C=O) groups is 1. The molecule has 3 aromatic carbocycles. The van der Waals surface area contributed by atoms with Gasteiger partial charge in [0, 0.05) is 53.8 Å². The van der Waals surface area contributed by atoms with Crippen molar-refractivity contribution in [3.05, 3.63) is 95.4 Å². The van der Waals surface area contributed by atoms with Gasteiger partial charge in [-0.1, -0.05) is 18.2 Å². The van der Waals surface area contributed by atoms with Crippen molar-refractivity contribution >= 4 is 22.4 Å². The molecular weight excluding hydrogens is 453 g/mol. The van der Waals surface area contributed by atoms with Gasteiger partial charge in [-0.25, -0.2) is 13.2 Å². The Morgan fingerprint density at radius 2 is 1.57 bits per heavy atom. The van der Waals surface area contributed by atoms with Crippen molar-refractivity contribution in [2.75, 3.05) is 31.1 Å². The Bertz CT molecular complexity index is 1380. The summed E-state index contributed by atoms with van der Waals surface area (Å²) in [7, 11) is 0. The van der Waals surface area contributed by atoms with Gasteiger partial charge in [0.05, 0.1) is 11.4 Å². The van der Waals surface area contributed by atoms with Gasteiger partial charge in [-0.3, -0.25) is 9.78 Å². The van der Waals surface area contributed by atoms with Crippen LogP contribution in [0.3, 0.4) is 0 Å². The number of nitrogens with one attached hydrogen (secondary N) is 1. The normalized spacial score (nSPS) is 14.8. The minimum absolute atomic E-state index is 0.121. The molecule has 5 nitrogen and oxygen atoms in total. The van der Waals surface area contributed by atoms with E-state index in [4.69, 9.17) is 5.73 Å². The first kappa shape index (κ1) is 22.9. The van der Waals surface area contributed by atoms with Gasteiger partial charge < -0.3 is 16.0 Å². The van der Waals surface area contributed by atoms with E-state index in [2.05, 4.69) is 15.2 Å². The third kappa shape index (κ3) is 4.33. The predicted molar refractivity (Wildman–Crippen MR) is 130 cm³/mol. The summed E-state index contributed by atoms with van der Waals surface area (Å²) in [6.07, 6.45) is 0. The highest BCUT2D eigenvalue weighted by Crippen LogP contribution is 2.37. The van der Waals surface area contributed by atoms with Crippen LogP contribution in [0.25, 0.3) is 22.0 Å². The zero-order valence-electron chi connectivity index (χ0n) is 18.8. The maximum Gasteiger partial charge on any atom is 0.231 e. The molecule has 0 bridgehead atoms. The van der Waals surface area contributed by atoms with E-state index in [0.717, 1.165) is 54.8 Å². The van der Waals surface area contributed by atoms with Crippen molar-refractivity contribution in [1.82, 2.24) is 10.3 Å².